The van der Waals surface area contributed by atoms with Gasteiger partial charge in [-0.1, -0.05) is 18.2 Å². The second kappa shape index (κ2) is 5.80. The fourth-order valence-corrected chi connectivity index (χ4v) is 1.23. The number of hydrogen-bond acceptors (Lipinski definition) is 3. The van der Waals surface area contributed by atoms with Crippen LogP contribution in [0.1, 0.15) is 26.3 Å². The maximum absolute atomic E-state index is 11.6. The fourth-order valence-electron chi connectivity index (χ4n) is 1.23. The number of hydrogen-bond donors (Lipinski definition) is 2. The molecule has 0 unspecified atom stereocenters. The molecular formula is C13H20N2O2. The van der Waals surface area contributed by atoms with Crippen molar-refractivity contribution in [2.45, 2.75) is 33.3 Å². The van der Waals surface area contributed by atoms with Crippen molar-refractivity contribution in [2.75, 3.05) is 11.9 Å². The third-order valence-electron chi connectivity index (χ3n) is 2.03. The van der Waals surface area contributed by atoms with Crippen LogP contribution in [0.25, 0.3) is 0 Å². The molecule has 0 heterocycles. The number of amides is 1. The molecule has 94 valence electrons. The van der Waals surface area contributed by atoms with Gasteiger partial charge in [-0.2, -0.15) is 5.48 Å². The number of benzene rings is 1. The zero-order valence-corrected chi connectivity index (χ0v) is 10.8. The van der Waals surface area contributed by atoms with E-state index in [2.05, 4.69) is 10.8 Å². The number of aryl methyl sites for hydroxylation is 1. The average Bonchev–Trinajstić information content (AvgIpc) is 2.19. The van der Waals surface area contributed by atoms with Gasteiger partial charge in [0.25, 0.3) is 0 Å². The Balaban J connectivity index is 2.38. The standard InChI is InChI=1S/C13H20N2O2/c1-10-7-5-6-8-11(10)15-12(16)9-14-17-13(2,3)4/h5-8,14H,9H2,1-4H3,(H,15,16). The van der Waals surface area contributed by atoms with Gasteiger partial charge < -0.3 is 5.32 Å². The molecule has 0 atom stereocenters. The van der Waals surface area contributed by atoms with Crippen molar-refractivity contribution in [3.63, 3.8) is 0 Å². The zero-order chi connectivity index (χ0) is 12.9. The number of para-hydroxylation sites is 1. The van der Waals surface area contributed by atoms with Crippen molar-refractivity contribution >= 4 is 11.6 Å². The topological polar surface area (TPSA) is 50.4 Å². The van der Waals surface area contributed by atoms with Crippen LogP contribution in [0.15, 0.2) is 24.3 Å². The van der Waals surface area contributed by atoms with Crippen LogP contribution >= 0.6 is 0 Å². The summed E-state index contributed by atoms with van der Waals surface area (Å²) in [7, 11) is 0. The second-order valence-electron chi connectivity index (χ2n) is 4.90. The molecule has 4 nitrogen and oxygen atoms in total. The third-order valence-corrected chi connectivity index (χ3v) is 2.03. The van der Waals surface area contributed by atoms with Crippen LogP contribution in [0.4, 0.5) is 5.69 Å². The van der Waals surface area contributed by atoms with Crippen molar-refractivity contribution in [3.05, 3.63) is 29.8 Å². The average molecular weight is 236 g/mol. The van der Waals surface area contributed by atoms with Crippen molar-refractivity contribution in [1.82, 2.24) is 5.48 Å². The van der Waals surface area contributed by atoms with Gasteiger partial charge in [-0.25, -0.2) is 0 Å². The minimum atomic E-state index is -0.303. The zero-order valence-electron chi connectivity index (χ0n) is 10.8. The first-order valence-electron chi connectivity index (χ1n) is 5.65. The van der Waals surface area contributed by atoms with Crippen LogP contribution in [-0.2, 0) is 9.63 Å². The lowest BCUT2D eigenvalue weighted by atomic mass is 10.2. The molecule has 1 aromatic carbocycles. The molecule has 0 aromatic heterocycles. The van der Waals surface area contributed by atoms with E-state index in [9.17, 15) is 4.79 Å². The Hall–Kier alpha value is -1.39. The summed E-state index contributed by atoms with van der Waals surface area (Å²) in [4.78, 5) is 16.9. The summed E-state index contributed by atoms with van der Waals surface area (Å²) in [5.41, 5.74) is 4.22. The van der Waals surface area contributed by atoms with E-state index in [1.807, 2.05) is 52.0 Å². The molecule has 0 fully saturated rings. The van der Waals surface area contributed by atoms with Crippen LogP contribution in [0.2, 0.25) is 0 Å². The first-order chi connectivity index (χ1) is 7.88. The third kappa shape index (κ3) is 5.47. The lowest BCUT2D eigenvalue weighted by Gasteiger charge is -2.19. The molecule has 17 heavy (non-hydrogen) atoms. The monoisotopic (exact) mass is 236 g/mol. The summed E-state index contributed by atoms with van der Waals surface area (Å²) >= 11 is 0. The summed E-state index contributed by atoms with van der Waals surface area (Å²) in [6.07, 6.45) is 0. The van der Waals surface area contributed by atoms with Crippen LogP contribution in [-0.4, -0.2) is 18.1 Å². The van der Waals surface area contributed by atoms with Gasteiger partial charge in [0.1, 0.15) is 6.54 Å². The Bertz CT molecular complexity index is 383. The largest absolute Gasteiger partial charge is 0.325 e. The van der Waals surface area contributed by atoms with Crippen molar-refractivity contribution in [2.24, 2.45) is 0 Å². The van der Waals surface area contributed by atoms with E-state index >= 15 is 0 Å². The summed E-state index contributed by atoms with van der Waals surface area (Å²) in [5, 5.41) is 2.82. The molecule has 0 saturated carbocycles. The molecule has 0 saturated heterocycles. The van der Waals surface area contributed by atoms with Gasteiger partial charge in [-0.05, 0) is 39.3 Å². The van der Waals surface area contributed by atoms with Gasteiger partial charge in [-0.15, -0.1) is 0 Å². The van der Waals surface area contributed by atoms with Crippen LogP contribution < -0.4 is 10.8 Å². The minimum absolute atomic E-state index is 0.122. The molecule has 1 rings (SSSR count). The van der Waals surface area contributed by atoms with E-state index in [0.717, 1.165) is 11.3 Å². The Morgan fingerprint density at radius 1 is 1.29 bits per heavy atom. The second-order valence-corrected chi connectivity index (χ2v) is 4.90. The molecule has 0 radical (unpaired) electrons. The Kier molecular flexibility index (Phi) is 4.66. The quantitative estimate of drug-likeness (QED) is 0.788. The molecule has 0 aliphatic heterocycles. The molecule has 2 N–H and O–H groups in total. The Labute approximate surface area is 102 Å². The van der Waals surface area contributed by atoms with Crippen molar-refractivity contribution < 1.29 is 9.63 Å². The van der Waals surface area contributed by atoms with E-state index in [4.69, 9.17) is 4.84 Å². The summed E-state index contributed by atoms with van der Waals surface area (Å²) in [6, 6.07) is 7.65. The highest BCUT2D eigenvalue weighted by Crippen LogP contribution is 2.12. The predicted octanol–water partition coefficient (Wildman–Crippen LogP) is 2.25. The molecule has 0 bridgehead atoms. The highest BCUT2D eigenvalue weighted by Gasteiger charge is 2.11. The lowest BCUT2D eigenvalue weighted by molar-refractivity contribution is -0.122. The number of rotatable bonds is 4. The maximum Gasteiger partial charge on any atom is 0.240 e. The molecular weight excluding hydrogens is 216 g/mol. The summed E-state index contributed by atoms with van der Waals surface area (Å²) in [6.45, 7) is 7.83. The first kappa shape index (κ1) is 13.7. The molecule has 1 amide bonds. The van der Waals surface area contributed by atoms with Gasteiger partial charge in [0.05, 0.1) is 5.60 Å². The molecule has 1 aromatic rings. The van der Waals surface area contributed by atoms with E-state index in [1.165, 1.54) is 0 Å². The van der Waals surface area contributed by atoms with E-state index in [1.54, 1.807) is 0 Å². The molecule has 0 aliphatic carbocycles. The number of nitrogens with one attached hydrogen (secondary N) is 2. The fraction of sp³-hybridized carbons (Fsp3) is 0.462. The first-order valence-corrected chi connectivity index (χ1v) is 5.65. The van der Waals surface area contributed by atoms with Gasteiger partial charge >= 0.3 is 0 Å². The Morgan fingerprint density at radius 3 is 2.53 bits per heavy atom. The Morgan fingerprint density at radius 2 is 1.94 bits per heavy atom. The molecule has 0 spiro atoms. The lowest BCUT2D eigenvalue weighted by Crippen LogP contribution is -2.34. The van der Waals surface area contributed by atoms with E-state index in [0.29, 0.717) is 0 Å². The van der Waals surface area contributed by atoms with Gasteiger partial charge in [0.2, 0.25) is 5.91 Å². The number of anilines is 1. The SMILES string of the molecule is Cc1ccccc1NC(=O)CNOC(C)(C)C. The summed E-state index contributed by atoms with van der Waals surface area (Å²) in [5.74, 6) is -0.122. The van der Waals surface area contributed by atoms with Crippen molar-refractivity contribution in [3.8, 4) is 0 Å². The molecule has 4 heteroatoms. The van der Waals surface area contributed by atoms with Crippen LogP contribution in [0.5, 0.6) is 0 Å². The number of carbonyl (C=O) groups excluding carboxylic acids is 1. The predicted molar refractivity (Wildman–Crippen MR) is 68.6 cm³/mol. The number of carbonyl (C=O) groups is 1. The normalized spacial score (nSPS) is 11.3. The van der Waals surface area contributed by atoms with E-state index < -0.39 is 0 Å². The highest BCUT2D eigenvalue weighted by molar-refractivity contribution is 5.92. The van der Waals surface area contributed by atoms with Crippen LogP contribution in [0, 0.1) is 6.92 Å². The number of hydroxylamine groups is 1. The van der Waals surface area contributed by atoms with E-state index in [-0.39, 0.29) is 18.1 Å². The summed E-state index contributed by atoms with van der Waals surface area (Å²) < 4.78 is 0. The minimum Gasteiger partial charge on any atom is -0.325 e. The smallest absolute Gasteiger partial charge is 0.240 e. The van der Waals surface area contributed by atoms with Gasteiger partial charge in [0, 0.05) is 5.69 Å². The highest BCUT2D eigenvalue weighted by atomic mass is 16.7. The van der Waals surface area contributed by atoms with Gasteiger partial charge in [0.15, 0.2) is 0 Å². The van der Waals surface area contributed by atoms with Crippen molar-refractivity contribution in [1.29, 1.82) is 0 Å². The maximum atomic E-state index is 11.6. The van der Waals surface area contributed by atoms with Gasteiger partial charge in [-0.3, -0.25) is 9.63 Å². The molecule has 0 aliphatic rings. The van der Waals surface area contributed by atoms with Crippen LogP contribution in [0.3, 0.4) is 0 Å².